The lowest BCUT2D eigenvalue weighted by Crippen LogP contribution is -2.42. The van der Waals surface area contributed by atoms with Crippen molar-refractivity contribution in [1.29, 1.82) is 0 Å². The second kappa shape index (κ2) is 7.59. The first kappa shape index (κ1) is 16.7. The molecule has 1 amide bonds. The van der Waals surface area contributed by atoms with Gasteiger partial charge in [-0.15, -0.1) is 11.8 Å². The molecule has 2 saturated heterocycles. The van der Waals surface area contributed by atoms with Gasteiger partial charge in [-0.3, -0.25) is 4.79 Å². The Morgan fingerprint density at radius 3 is 2.52 bits per heavy atom. The maximum absolute atomic E-state index is 13.1. The van der Waals surface area contributed by atoms with Gasteiger partial charge in [0.05, 0.1) is 19.0 Å². The second-order valence-corrected chi connectivity index (χ2v) is 6.74. The van der Waals surface area contributed by atoms with Crippen molar-refractivity contribution in [3.05, 3.63) is 29.8 Å². The molecule has 2 heterocycles. The zero-order valence-corrected chi connectivity index (χ0v) is 13.5. The van der Waals surface area contributed by atoms with Gasteiger partial charge in [-0.2, -0.15) is 0 Å². The highest BCUT2D eigenvalue weighted by molar-refractivity contribution is 8.00. The van der Waals surface area contributed by atoms with E-state index in [0.717, 1.165) is 25.0 Å². The molecule has 0 radical (unpaired) electrons. The Kier molecular flexibility index (Phi) is 5.50. The molecule has 126 valence electrons. The molecule has 0 N–H and O–H groups in total. The monoisotopic (exact) mass is 343 g/mol. The van der Waals surface area contributed by atoms with Crippen molar-refractivity contribution in [2.24, 2.45) is 5.92 Å². The summed E-state index contributed by atoms with van der Waals surface area (Å²) in [6.07, 6.45) is 1.61. The summed E-state index contributed by atoms with van der Waals surface area (Å²) < 4.78 is 37.1. The van der Waals surface area contributed by atoms with Gasteiger partial charge in [-0.05, 0) is 31.0 Å². The van der Waals surface area contributed by atoms with Gasteiger partial charge in [-0.25, -0.2) is 8.78 Å². The van der Waals surface area contributed by atoms with Crippen LogP contribution < -0.4 is 0 Å². The zero-order chi connectivity index (χ0) is 16.2. The van der Waals surface area contributed by atoms with Crippen LogP contribution in [0.15, 0.2) is 23.1 Å². The smallest absolute Gasteiger partial charge is 0.232 e. The molecule has 0 unspecified atom stereocenters. The molecule has 0 atom stereocenters. The number of ether oxygens (including phenoxy) is 2. The fourth-order valence-corrected chi connectivity index (χ4v) is 3.70. The van der Waals surface area contributed by atoms with Gasteiger partial charge in [0, 0.05) is 23.9 Å². The van der Waals surface area contributed by atoms with Crippen LogP contribution in [0, 0.1) is 17.6 Å². The van der Waals surface area contributed by atoms with Crippen LogP contribution >= 0.6 is 11.8 Å². The summed E-state index contributed by atoms with van der Waals surface area (Å²) in [6.45, 7) is 2.67. The summed E-state index contributed by atoms with van der Waals surface area (Å²) >= 11 is 1.22. The average molecular weight is 343 g/mol. The van der Waals surface area contributed by atoms with Crippen LogP contribution in [-0.2, 0) is 14.3 Å². The SMILES string of the molecule is O=C(CSc1ccc(F)c(F)c1)N1CCC(C2OCCO2)CC1. The van der Waals surface area contributed by atoms with E-state index in [9.17, 15) is 13.6 Å². The standard InChI is InChI=1S/C16H19F2NO3S/c17-13-2-1-12(9-14(13)18)23-10-15(20)19-5-3-11(4-6-19)16-21-7-8-22-16/h1-2,9,11,16H,3-8,10H2. The molecule has 0 aromatic heterocycles. The van der Waals surface area contributed by atoms with E-state index in [2.05, 4.69) is 0 Å². The predicted molar refractivity (Wildman–Crippen MR) is 82.1 cm³/mol. The maximum atomic E-state index is 13.1. The van der Waals surface area contributed by atoms with Crippen molar-refractivity contribution in [2.75, 3.05) is 32.1 Å². The Morgan fingerprint density at radius 1 is 1.17 bits per heavy atom. The van der Waals surface area contributed by atoms with Crippen LogP contribution in [0.3, 0.4) is 0 Å². The highest BCUT2D eigenvalue weighted by Crippen LogP contribution is 2.27. The molecule has 1 aromatic rings. The van der Waals surface area contributed by atoms with E-state index in [1.165, 1.54) is 17.8 Å². The Bertz CT molecular complexity index is 558. The number of rotatable bonds is 4. The minimum absolute atomic E-state index is 0.0199. The minimum Gasteiger partial charge on any atom is -0.350 e. The fraction of sp³-hybridized carbons (Fsp3) is 0.562. The highest BCUT2D eigenvalue weighted by Gasteiger charge is 2.31. The van der Waals surface area contributed by atoms with Crippen LogP contribution in [0.2, 0.25) is 0 Å². The van der Waals surface area contributed by atoms with Crippen LogP contribution in [0.25, 0.3) is 0 Å². The summed E-state index contributed by atoms with van der Waals surface area (Å²) in [5.41, 5.74) is 0. The zero-order valence-electron chi connectivity index (χ0n) is 12.7. The van der Waals surface area contributed by atoms with Gasteiger partial charge in [0.15, 0.2) is 17.9 Å². The Labute approximate surface area is 138 Å². The molecule has 2 aliphatic rings. The van der Waals surface area contributed by atoms with Crippen LogP contribution in [0.4, 0.5) is 8.78 Å². The predicted octanol–water partition coefficient (Wildman–Crippen LogP) is 2.67. The summed E-state index contributed by atoms with van der Waals surface area (Å²) in [5.74, 6) is -1.17. The Balaban J connectivity index is 1.44. The molecule has 0 spiro atoms. The van der Waals surface area contributed by atoms with E-state index in [0.29, 0.717) is 37.1 Å². The lowest BCUT2D eigenvalue weighted by Gasteiger charge is -2.33. The number of piperidine rings is 1. The number of benzene rings is 1. The summed E-state index contributed by atoms with van der Waals surface area (Å²) in [7, 11) is 0. The number of hydrogen-bond donors (Lipinski definition) is 0. The largest absolute Gasteiger partial charge is 0.350 e. The van der Waals surface area contributed by atoms with Crippen molar-refractivity contribution in [3.63, 3.8) is 0 Å². The third kappa shape index (κ3) is 4.22. The van der Waals surface area contributed by atoms with Crippen molar-refractivity contribution in [3.8, 4) is 0 Å². The van der Waals surface area contributed by atoms with Gasteiger partial charge >= 0.3 is 0 Å². The van der Waals surface area contributed by atoms with Gasteiger partial charge in [-0.1, -0.05) is 0 Å². The number of thioether (sulfide) groups is 1. The van der Waals surface area contributed by atoms with Gasteiger partial charge in [0.1, 0.15) is 0 Å². The fourth-order valence-electron chi connectivity index (χ4n) is 2.87. The molecule has 1 aromatic carbocycles. The first-order valence-electron chi connectivity index (χ1n) is 7.72. The van der Waals surface area contributed by atoms with Crippen molar-refractivity contribution < 1.29 is 23.0 Å². The van der Waals surface area contributed by atoms with E-state index < -0.39 is 11.6 Å². The molecular formula is C16H19F2NO3S. The van der Waals surface area contributed by atoms with Crippen molar-refractivity contribution in [1.82, 2.24) is 4.90 Å². The lowest BCUT2D eigenvalue weighted by atomic mass is 9.96. The minimum atomic E-state index is -0.889. The van der Waals surface area contributed by atoms with E-state index >= 15 is 0 Å². The van der Waals surface area contributed by atoms with Gasteiger partial charge in [0.2, 0.25) is 5.91 Å². The topological polar surface area (TPSA) is 38.8 Å². The van der Waals surface area contributed by atoms with Crippen molar-refractivity contribution >= 4 is 17.7 Å². The molecule has 0 aliphatic carbocycles. The van der Waals surface area contributed by atoms with E-state index in [1.54, 1.807) is 0 Å². The normalized spacial score (nSPS) is 20.2. The number of likely N-dealkylation sites (tertiary alicyclic amines) is 1. The number of nitrogens with zero attached hydrogens (tertiary/aromatic N) is 1. The molecule has 7 heteroatoms. The van der Waals surface area contributed by atoms with Crippen molar-refractivity contribution in [2.45, 2.75) is 24.0 Å². The third-order valence-electron chi connectivity index (χ3n) is 4.18. The summed E-state index contributed by atoms with van der Waals surface area (Å²) in [4.78, 5) is 14.6. The number of carbonyl (C=O) groups excluding carboxylic acids is 1. The number of amides is 1. The number of carbonyl (C=O) groups is 1. The van der Waals surface area contributed by atoms with Crippen LogP contribution in [0.1, 0.15) is 12.8 Å². The maximum Gasteiger partial charge on any atom is 0.232 e. The summed E-state index contributed by atoms with van der Waals surface area (Å²) in [5, 5.41) is 0. The molecule has 2 aliphatic heterocycles. The Morgan fingerprint density at radius 2 is 1.87 bits per heavy atom. The first-order valence-corrected chi connectivity index (χ1v) is 8.71. The lowest BCUT2D eigenvalue weighted by molar-refractivity contribution is -0.134. The first-order chi connectivity index (χ1) is 11.1. The number of hydrogen-bond acceptors (Lipinski definition) is 4. The quantitative estimate of drug-likeness (QED) is 0.788. The van der Waals surface area contributed by atoms with Crippen LogP contribution in [0.5, 0.6) is 0 Å². The molecule has 4 nitrogen and oxygen atoms in total. The highest BCUT2D eigenvalue weighted by atomic mass is 32.2. The third-order valence-corrected chi connectivity index (χ3v) is 5.16. The molecular weight excluding hydrogens is 324 g/mol. The second-order valence-electron chi connectivity index (χ2n) is 5.69. The van der Waals surface area contributed by atoms with E-state index in [4.69, 9.17) is 9.47 Å². The number of halogens is 2. The molecule has 3 rings (SSSR count). The molecule has 0 saturated carbocycles. The van der Waals surface area contributed by atoms with Crippen LogP contribution in [-0.4, -0.2) is 49.2 Å². The average Bonchev–Trinajstić information content (AvgIpc) is 3.10. The molecule has 0 bridgehead atoms. The van der Waals surface area contributed by atoms with E-state index in [-0.39, 0.29) is 18.0 Å². The van der Waals surface area contributed by atoms with Gasteiger partial charge < -0.3 is 14.4 Å². The molecule has 2 fully saturated rings. The Hall–Kier alpha value is -1.18. The van der Waals surface area contributed by atoms with E-state index in [1.807, 2.05) is 4.90 Å². The van der Waals surface area contributed by atoms with Gasteiger partial charge in [0.25, 0.3) is 0 Å². The summed E-state index contributed by atoms with van der Waals surface area (Å²) in [6, 6.07) is 3.68. The molecule has 23 heavy (non-hydrogen) atoms.